The van der Waals surface area contributed by atoms with E-state index in [9.17, 15) is 26.7 Å². The molecule has 0 radical (unpaired) electrons. The molecule has 1 N–H and O–H groups in total. The number of carbonyl (C=O) groups excluding carboxylic acids is 1. The van der Waals surface area contributed by atoms with Gasteiger partial charge in [0.05, 0.1) is 11.2 Å². The van der Waals surface area contributed by atoms with E-state index >= 15 is 0 Å². The van der Waals surface area contributed by atoms with Crippen molar-refractivity contribution < 1.29 is 26.7 Å². The second-order valence-corrected chi connectivity index (χ2v) is 8.29. The fourth-order valence-electron chi connectivity index (χ4n) is 4.42. The lowest BCUT2D eigenvalue weighted by Gasteiger charge is -2.37. The summed E-state index contributed by atoms with van der Waals surface area (Å²) < 4.78 is 67.2. The molecule has 1 heterocycles. The highest BCUT2D eigenvalue weighted by Crippen LogP contribution is 2.33. The van der Waals surface area contributed by atoms with Gasteiger partial charge in [0, 0.05) is 23.5 Å². The number of benzene rings is 2. The third-order valence-electron chi connectivity index (χ3n) is 5.92. The summed E-state index contributed by atoms with van der Waals surface area (Å²) in [7, 11) is 0. The number of carbonyl (C=O) groups is 1. The van der Waals surface area contributed by atoms with Crippen LogP contribution in [-0.2, 0) is 4.79 Å². The van der Waals surface area contributed by atoms with Crippen molar-refractivity contribution in [3.63, 3.8) is 0 Å². The van der Waals surface area contributed by atoms with E-state index in [-0.39, 0.29) is 18.9 Å². The van der Waals surface area contributed by atoms with E-state index in [1.807, 2.05) is 37.3 Å². The van der Waals surface area contributed by atoms with Crippen LogP contribution in [0, 0.1) is 18.6 Å². The maximum atomic E-state index is 13.7. The number of para-hydroxylation sites is 1. The molecule has 33 heavy (non-hydrogen) atoms. The summed E-state index contributed by atoms with van der Waals surface area (Å²) >= 11 is 0. The fourth-order valence-corrected chi connectivity index (χ4v) is 4.42. The summed E-state index contributed by atoms with van der Waals surface area (Å²) in [6.45, 7) is 1.98. The first-order valence-corrected chi connectivity index (χ1v) is 10.6. The predicted molar refractivity (Wildman–Crippen MR) is 116 cm³/mol. The number of hydrogen-bond donors (Lipinski definition) is 1. The van der Waals surface area contributed by atoms with Crippen molar-refractivity contribution in [2.24, 2.45) is 0 Å². The molecule has 174 valence electrons. The van der Waals surface area contributed by atoms with Crippen molar-refractivity contribution in [2.75, 3.05) is 10.2 Å². The molecule has 1 amide bonds. The number of fused-ring (bicyclic) bond motifs is 1. The van der Waals surface area contributed by atoms with E-state index in [4.69, 9.17) is 0 Å². The number of halogens is 5. The zero-order chi connectivity index (χ0) is 23.8. The summed E-state index contributed by atoms with van der Waals surface area (Å²) in [5.74, 6) is -3.54. The Bertz CT molecular complexity index is 1150. The standard InChI is InChI=1S/C24H22F5N3O/c1-14-10-22(31-21-5-3-2-4-20(14)21)30-17-6-8-18(9-7-17)32(23(33)24(27,28)29)19-12-15(25)11-16(26)13-19/h2-5,10-13,17-18H,6-9H2,1H3,(H,30,31). The molecule has 1 aromatic heterocycles. The largest absolute Gasteiger partial charge is 0.471 e. The van der Waals surface area contributed by atoms with Crippen LogP contribution in [0.3, 0.4) is 0 Å². The van der Waals surface area contributed by atoms with E-state index in [1.54, 1.807) is 0 Å². The number of aryl methyl sites for hydroxylation is 1. The minimum absolute atomic E-state index is 0.0543. The number of amides is 1. The van der Waals surface area contributed by atoms with E-state index in [0.29, 0.717) is 29.6 Å². The van der Waals surface area contributed by atoms with Gasteiger partial charge >= 0.3 is 12.1 Å². The number of alkyl halides is 3. The number of pyridine rings is 1. The normalized spacial score (nSPS) is 18.8. The smallest absolute Gasteiger partial charge is 0.367 e. The molecule has 0 aliphatic heterocycles. The number of hydrogen-bond acceptors (Lipinski definition) is 3. The van der Waals surface area contributed by atoms with Crippen molar-refractivity contribution in [2.45, 2.75) is 50.9 Å². The van der Waals surface area contributed by atoms with Gasteiger partial charge in [-0.2, -0.15) is 13.2 Å². The maximum Gasteiger partial charge on any atom is 0.471 e. The van der Waals surface area contributed by atoms with Gasteiger partial charge in [-0.25, -0.2) is 13.8 Å². The first-order valence-electron chi connectivity index (χ1n) is 10.6. The molecule has 1 saturated carbocycles. The number of nitrogens with one attached hydrogen (secondary N) is 1. The Labute approximate surface area is 187 Å². The topological polar surface area (TPSA) is 45.2 Å². The summed E-state index contributed by atoms with van der Waals surface area (Å²) in [5.41, 5.74) is 1.45. The van der Waals surface area contributed by atoms with Crippen molar-refractivity contribution in [3.05, 3.63) is 65.7 Å². The molecule has 1 fully saturated rings. The van der Waals surface area contributed by atoms with Crippen LogP contribution in [0.2, 0.25) is 0 Å². The predicted octanol–water partition coefficient (Wildman–Crippen LogP) is 6.14. The van der Waals surface area contributed by atoms with Crippen LogP contribution >= 0.6 is 0 Å². The van der Waals surface area contributed by atoms with Crippen molar-refractivity contribution in [1.29, 1.82) is 0 Å². The molecule has 4 nitrogen and oxygen atoms in total. The van der Waals surface area contributed by atoms with Crippen LogP contribution in [0.15, 0.2) is 48.5 Å². The van der Waals surface area contributed by atoms with Gasteiger partial charge in [-0.1, -0.05) is 18.2 Å². The molecule has 0 unspecified atom stereocenters. The highest BCUT2D eigenvalue weighted by atomic mass is 19.4. The Morgan fingerprint density at radius 1 is 1.00 bits per heavy atom. The molecule has 0 atom stereocenters. The van der Waals surface area contributed by atoms with E-state index in [2.05, 4.69) is 10.3 Å². The zero-order valence-electron chi connectivity index (χ0n) is 17.8. The Balaban J connectivity index is 1.51. The average Bonchev–Trinajstić information content (AvgIpc) is 2.74. The minimum atomic E-state index is -5.16. The van der Waals surface area contributed by atoms with Gasteiger partial charge in [0.2, 0.25) is 0 Å². The number of rotatable bonds is 4. The monoisotopic (exact) mass is 463 g/mol. The van der Waals surface area contributed by atoms with Crippen LogP contribution in [0.4, 0.5) is 33.5 Å². The summed E-state index contributed by atoms with van der Waals surface area (Å²) in [6, 6.07) is 10.8. The second-order valence-electron chi connectivity index (χ2n) is 8.29. The molecule has 2 aromatic carbocycles. The number of anilines is 2. The summed E-state index contributed by atoms with van der Waals surface area (Å²) in [6.07, 6.45) is -3.74. The fraction of sp³-hybridized carbons (Fsp3) is 0.333. The molecule has 9 heteroatoms. The molecular weight excluding hydrogens is 441 g/mol. The summed E-state index contributed by atoms with van der Waals surface area (Å²) in [5, 5.41) is 4.37. The van der Waals surface area contributed by atoms with E-state index < -0.39 is 35.4 Å². The lowest BCUT2D eigenvalue weighted by molar-refractivity contribution is -0.171. The molecule has 0 bridgehead atoms. The van der Waals surface area contributed by atoms with E-state index in [1.165, 1.54) is 0 Å². The lowest BCUT2D eigenvalue weighted by Crippen LogP contribution is -2.49. The maximum absolute atomic E-state index is 13.7. The molecule has 0 spiro atoms. The van der Waals surface area contributed by atoms with Crippen molar-refractivity contribution in [3.8, 4) is 0 Å². The lowest BCUT2D eigenvalue weighted by atomic mass is 9.89. The average molecular weight is 463 g/mol. The molecule has 3 aromatic rings. The summed E-state index contributed by atoms with van der Waals surface area (Å²) in [4.78, 5) is 17.2. The first kappa shape index (κ1) is 22.9. The zero-order valence-corrected chi connectivity index (χ0v) is 17.8. The SMILES string of the molecule is Cc1cc(NC2CCC(N(C(=O)C(F)(F)F)c3cc(F)cc(F)c3)CC2)nc2ccccc12. The second kappa shape index (κ2) is 8.96. The highest BCUT2D eigenvalue weighted by Gasteiger charge is 2.46. The minimum Gasteiger partial charge on any atom is -0.367 e. The third-order valence-corrected chi connectivity index (χ3v) is 5.92. The molecule has 1 aliphatic rings. The van der Waals surface area contributed by atoms with Gasteiger partial charge in [-0.15, -0.1) is 0 Å². The quantitative estimate of drug-likeness (QED) is 0.473. The number of nitrogens with zero attached hydrogens (tertiary/aromatic N) is 2. The van der Waals surface area contributed by atoms with Gasteiger partial charge in [0.25, 0.3) is 0 Å². The van der Waals surface area contributed by atoms with Gasteiger partial charge < -0.3 is 10.2 Å². The van der Waals surface area contributed by atoms with Crippen LogP contribution in [0.5, 0.6) is 0 Å². The van der Waals surface area contributed by atoms with Gasteiger partial charge in [0.1, 0.15) is 17.5 Å². The van der Waals surface area contributed by atoms with Gasteiger partial charge in [0.15, 0.2) is 0 Å². The van der Waals surface area contributed by atoms with E-state index in [0.717, 1.165) is 28.6 Å². The first-order chi connectivity index (χ1) is 15.6. The third kappa shape index (κ3) is 5.07. The highest BCUT2D eigenvalue weighted by molar-refractivity contribution is 5.97. The van der Waals surface area contributed by atoms with Gasteiger partial charge in [-0.3, -0.25) is 4.79 Å². The molecule has 0 saturated heterocycles. The van der Waals surface area contributed by atoms with Crippen molar-refractivity contribution >= 4 is 28.3 Å². The van der Waals surface area contributed by atoms with Crippen molar-refractivity contribution in [1.82, 2.24) is 4.98 Å². The van der Waals surface area contributed by atoms with Crippen LogP contribution in [-0.4, -0.2) is 29.2 Å². The molecular formula is C24H22F5N3O. The van der Waals surface area contributed by atoms with Crippen LogP contribution < -0.4 is 10.2 Å². The Morgan fingerprint density at radius 2 is 1.64 bits per heavy atom. The molecule has 1 aliphatic carbocycles. The van der Waals surface area contributed by atoms with Crippen LogP contribution in [0.25, 0.3) is 10.9 Å². The Morgan fingerprint density at radius 3 is 2.27 bits per heavy atom. The van der Waals surface area contributed by atoms with Crippen LogP contribution in [0.1, 0.15) is 31.2 Å². The Kier molecular flexibility index (Phi) is 6.23. The van der Waals surface area contributed by atoms with Gasteiger partial charge in [-0.05, 0) is 62.4 Å². The number of aromatic nitrogens is 1. The molecule has 4 rings (SSSR count). The Hall–Kier alpha value is -3.23.